The molecule has 1 aromatic rings. The van der Waals surface area contributed by atoms with Gasteiger partial charge in [0.15, 0.2) is 0 Å². The molecule has 0 radical (unpaired) electrons. The zero-order valence-electron chi connectivity index (χ0n) is 9.19. The fourth-order valence-corrected chi connectivity index (χ4v) is 4.99. The van der Waals surface area contributed by atoms with Crippen LogP contribution in [0.25, 0.3) is 0 Å². The van der Waals surface area contributed by atoms with Crippen LogP contribution in [0.1, 0.15) is 43.8 Å². The monoisotopic (exact) mass is 320 g/mol. The number of thioether (sulfide) groups is 1. The van der Waals surface area contributed by atoms with E-state index in [0.29, 0.717) is 0 Å². The number of aliphatic hydroxyl groups excluding tert-OH is 1. The summed E-state index contributed by atoms with van der Waals surface area (Å²) in [4.78, 5) is 0. The summed E-state index contributed by atoms with van der Waals surface area (Å²) in [5.41, 5.74) is 1.05. The van der Waals surface area contributed by atoms with Gasteiger partial charge in [-0.3, -0.25) is 0 Å². The molecule has 1 aliphatic carbocycles. The normalized spacial score (nSPS) is 19.9. The number of hydrogen-bond donors (Lipinski definition) is 1. The van der Waals surface area contributed by atoms with Crippen molar-refractivity contribution in [3.63, 3.8) is 0 Å². The lowest BCUT2D eigenvalue weighted by Gasteiger charge is -2.22. The summed E-state index contributed by atoms with van der Waals surface area (Å²) in [5.74, 6) is 0.833. The number of rotatable bonds is 4. The Hall–Kier alpha value is 0.490. The maximum absolute atomic E-state index is 10.1. The first-order valence-electron chi connectivity index (χ1n) is 5.78. The largest absolute Gasteiger partial charge is 0.387 e. The second-order valence-corrected chi connectivity index (χ2v) is 7.22. The van der Waals surface area contributed by atoms with Gasteiger partial charge in [0.25, 0.3) is 0 Å². The van der Waals surface area contributed by atoms with E-state index in [9.17, 15) is 5.11 Å². The molecular weight excluding hydrogens is 304 g/mol. The second-order valence-electron chi connectivity index (χ2n) is 4.28. The Bertz CT molecular complexity index is 321. The first-order chi connectivity index (χ1) is 7.77. The van der Waals surface area contributed by atoms with Gasteiger partial charge in [0.2, 0.25) is 0 Å². The summed E-state index contributed by atoms with van der Waals surface area (Å²) in [6.07, 6.45) is 6.50. The van der Waals surface area contributed by atoms with Crippen LogP contribution in [0.4, 0.5) is 0 Å². The molecule has 1 unspecified atom stereocenters. The molecule has 4 heteroatoms. The molecular formula is C12H17BrOS2. The van der Waals surface area contributed by atoms with Crippen LogP contribution in [0, 0.1) is 0 Å². The Morgan fingerprint density at radius 2 is 2.12 bits per heavy atom. The van der Waals surface area contributed by atoms with Gasteiger partial charge < -0.3 is 5.11 Å². The molecule has 0 aliphatic heterocycles. The fourth-order valence-electron chi connectivity index (χ4n) is 2.08. The molecule has 1 saturated carbocycles. The maximum atomic E-state index is 10.1. The smallest absolute Gasteiger partial charge is 0.0899 e. The Kier molecular flexibility index (Phi) is 5.20. The van der Waals surface area contributed by atoms with Gasteiger partial charge in [-0.15, -0.1) is 0 Å². The lowest BCUT2D eigenvalue weighted by Crippen LogP contribution is -2.11. The van der Waals surface area contributed by atoms with E-state index in [-0.39, 0.29) is 6.10 Å². The van der Waals surface area contributed by atoms with Gasteiger partial charge in [-0.05, 0) is 34.2 Å². The molecule has 1 atom stereocenters. The molecule has 0 bridgehead atoms. The second kappa shape index (κ2) is 6.43. The molecule has 90 valence electrons. The fraction of sp³-hybridized carbons (Fsp3) is 0.667. The summed E-state index contributed by atoms with van der Waals surface area (Å²) in [5, 5.41) is 14.9. The van der Waals surface area contributed by atoms with Crippen molar-refractivity contribution >= 4 is 39.0 Å². The van der Waals surface area contributed by atoms with Crippen molar-refractivity contribution in [3.8, 4) is 0 Å². The van der Waals surface area contributed by atoms with Gasteiger partial charge in [0.1, 0.15) is 0 Å². The van der Waals surface area contributed by atoms with E-state index in [1.54, 1.807) is 11.3 Å². The van der Waals surface area contributed by atoms with E-state index in [1.807, 2.05) is 22.5 Å². The average molecular weight is 321 g/mol. The summed E-state index contributed by atoms with van der Waals surface area (Å²) >= 11 is 7.06. The zero-order valence-corrected chi connectivity index (χ0v) is 12.4. The minimum absolute atomic E-state index is 0.312. The van der Waals surface area contributed by atoms with Gasteiger partial charge in [-0.1, -0.05) is 19.3 Å². The van der Waals surface area contributed by atoms with Crippen LogP contribution in [-0.2, 0) is 0 Å². The van der Waals surface area contributed by atoms with Crippen LogP contribution in [0.5, 0.6) is 0 Å². The molecule has 1 fully saturated rings. The number of aliphatic hydroxyl groups is 1. The molecule has 0 spiro atoms. The topological polar surface area (TPSA) is 20.2 Å². The quantitative estimate of drug-likeness (QED) is 0.874. The molecule has 0 saturated heterocycles. The minimum Gasteiger partial charge on any atom is -0.387 e. The third-order valence-corrected chi connectivity index (χ3v) is 6.25. The van der Waals surface area contributed by atoms with Gasteiger partial charge >= 0.3 is 0 Å². The van der Waals surface area contributed by atoms with Crippen molar-refractivity contribution < 1.29 is 5.11 Å². The van der Waals surface area contributed by atoms with E-state index in [4.69, 9.17) is 0 Å². The highest BCUT2D eigenvalue weighted by Gasteiger charge is 2.17. The van der Waals surface area contributed by atoms with E-state index in [2.05, 4.69) is 15.9 Å². The molecule has 0 aromatic carbocycles. The van der Waals surface area contributed by atoms with Crippen LogP contribution < -0.4 is 0 Å². The van der Waals surface area contributed by atoms with E-state index < -0.39 is 0 Å². The maximum Gasteiger partial charge on any atom is 0.0899 e. The van der Waals surface area contributed by atoms with Crippen molar-refractivity contribution in [2.45, 2.75) is 43.5 Å². The van der Waals surface area contributed by atoms with E-state index >= 15 is 0 Å². The van der Waals surface area contributed by atoms with Crippen molar-refractivity contribution in [1.29, 1.82) is 0 Å². The summed E-state index contributed by atoms with van der Waals surface area (Å²) < 4.78 is 1.05. The lowest BCUT2D eigenvalue weighted by atomic mass is 10.0. The van der Waals surface area contributed by atoms with Gasteiger partial charge in [0, 0.05) is 26.4 Å². The lowest BCUT2D eigenvalue weighted by molar-refractivity contribution is 0.203. The van der Waals surface area contributed by atoms with Crippen LogP contribution in [-0.4, -0.2) is 16.1 Å². The van der Waals surface area contributed by atoms with E-state index in [0.717, 1.165) is 21.0 Å². The SMILES string of the molecule is OC(CSC1CCCCC1)c1cscc1Br. The third kappa shape index (κ3) is 3.49. The van der Waals surface area contributed by atoms with Gasteiger partial charge in [-0.2, -0.15) is 23.1 Å². The van der Waals surface area contributed by atoms with Crippen LogP contribution in [0.3, 0.4) is 0 Å². The Labute approximate surface area is 114 Å². The predicted molar refractivity (Wildman–Crippen MR) is 76.3 cm³/mol. The van der Waals surface area contributed by atoms with Crippen molar-refractivity contribution in [2.24, 2.45) is 0 Å². The Balaban J connectivity index is 1.79. The average Bonchev–Trinajstić information content (AvgIpc) is 2.74. The highest BCUT2D eigenvalue weighted by Crippen LogP contribution is 2.33. The molecule has 1 heterocycles. The first kappa shape index (κ1) is 12.9. The van der Waals surface area contributed by atoms with Crippen molar-refractivity contribution in [3.05, 3.63) is 20.8 Å². The van der Waals surface area contributed by atoms with Gasteiger partial charge in [0.05, 0.1) is 6.10 Å². The molecule has 1 N–H and O–H groups in total. The standard InChI is InChI=1S/C12H17BrOS2/c13-11-7-15-6-10(11)12(14)8-16-9-4-2-1-3-5-9/h6-7,9,12,14H,1-5,8H2. The van der Waals surface area contributed by atoms with Crippen LogP contribution in [0.2, 0.25) is 0 Å². The Morgan fingerprint density at radius 3 is 2.75 bits per heavy atom. The van der Waals surface area contributed by atoms with Crippen molar-refractivity contribution in [1.82, 2.24) is 0 Å². The van der Waals surface area contributed by atoms with Crippen molar-refractivity contribution in [2.75, 3.05) is 5.75 Å². The van der Waals surface area contributed by atoms with E-state index in [1.165, 1.54) is 32.1 Å². The molecule has 2 rings (SSSR count). The van der Waals surface area contributed by atoms with Gasteiger partial charge in [-0.25, -0.2) is 0 Å². The minimum atomic E-state index is -0.312. The number of halogens is 1. The summed E-state index contributed by atoms with van der Waals surface area (Å²) in [6, 6.07) is 0. The third-order valence-electron chi connectivity index (χ3n) is 3.04. The highest BCUT2D eigenvalue weighted by atomic mass is 79.9. The van der Waals surface area contributed by atoms with Crippen LogP contribution >= 0.6 is 39.0 Å². The summed E-state index contributed by atoms with van der Waals surface area (Å²) in [7, 11) is 0. The molecule has 1 aliphatic rings. The number of thiophene rings is 1. The predicted octanol–water partition coefficient (Wildman–Crippen LogP) is 4.61. The zero-order chi connectivity index (χ0) is 11.4. The Morgan fingerprint density at radius 1 is 1.38 bits per heavy atom. The highest BCUT2D eigenvalue weighted by molar-refractivity contribution is 9.10. The first-order valence-corrected chi connectivity index (χ1v) is 8.57. The molecule has 1 nitrogen and oxygen atoms in total. The van der Waals surface area contributed by atoms with Crippen LogP contribution in [0.15, 0.2) is 15.2 Å². The molecule has 0 amide bonds. The number of hydrogen-bond acceptors (Lipinski definition) is 3. The summed E-state index contributed by atoms with van der Waals surface area (Å²) in [6.45, 7) is 0. The molecule has 1 aromatic heterocycles. The molecule has 16 heavy (non-hydrogen) atoms.